The lowest BCUT2D eigenvalue weighted by molar-refractivity contribution is 0.0279. The number of ether oxygens (including phenoxy) is 2. The molecule has 2 aromatic rings. The summed E-state index contributed by atoms with van der Waals surface area (Å²) in [4.78, 5) is 15.4. The maximum absolute atomic E-state index is 13.6. The minimum atomic E-state index is -0.215. The van der Waals surface area contributed by atoms with E-state index in [0.29, 0.717) is 23.6 Å². The van der Waals surface area contributed by atoms with Crippen molar-refractivity contribution < 1.29 is 14.3 Å². The molecule has 3 atom stereocenters. The summed E-state index contributed by atoms with van der Waals surface area (Å²) in [6.07, 6.45) is 5.26. The fourth-order valence-electron chi connectivity index (χ4n) is 5.07. The molecule has 2 fully saturated rings. The van der Waals surface area contributed by atoms with Gasteiger partial charge in [-0.15, -0.1) is 11.6 Å². The first-order valence-corrected chi connectivity index (χ1v) is 10.7. The number of piperidine rings is 1. The molecule has 1 saturated carbocycles. The van der Waals surface area contributed by atoms with Gasteiger partial charge in [-0.3, -0.25) is 4.79 Å². The minimum absolute atomic E-state index is 0.0108. The number of nitrogens with zero attached hydrogens (tertiary/aromatic N) is 1. The Hall–Kier alpha value is -2.20. The number of halogens is 1. The van der Waals surface area contributed by atoms with E-state index in [1.807, 2.05) is 29.2 Å². The van der Waals surface area contributed by atoms with Gasteiger partial charge in [-0.25, -0.2) is 0 Å². The highest BCUT2D eigenvalue weighted by molar-refractivity contribution is 6.24. The third-order valence-electron chi connectivity index (χ3n) is 6.54. The van der Waals surface area contributed by atoms with E-state index < -0.39 is 0 Å². The molecule has 1 aliphatic carbocycles. The number of carbonyl (C=O) groups excluding carboxylic acids is 1. The maximum atomic E-state index is 13.6. The van der Waals surface area contributed by atoms with Crippen LogP contribution in [0.15, 0.2) is 48.5 Å². The molecule has 29 heavy (non-hydrogen) atoms. The van der Waals surface area contributed by atoms with Crippen LogP contribution in [0.25, 0.3) is 0 Å². The van der Waals surface area contributed by atoms with Gasteiger partial charge >= 0.3 is 0 Å². The Morgan fingerprint density at radius 3 is 2.52 bits per heavy atom. The van der Waals surface area contributed by atoms with Crippen molar-refractivity contribution >= 4 is 17.5 Å². The standard InChI is InChI=1S/C24H28ClNO3/c1-28-20-12-11-18(16-21(20)29-2)23(27)26-15-14-24(25)13-7-6-10-19(24)22(26)17-8-4-3-5-9-17/h3-5,8-9,11-12,16,19,22H,6-7,10,13-15H2,1-2H3/t19-,22-,24-/m1/s1. The van der Waals surface area contributed by atoms with Gasteiger partial charge in [0.15, 0.2) is 11.5 Å². The maximum Gasteiger partial charge on any atom is 0.254 e. The van der Waals surface area contributed by atoms with E-state index in [2.05, 4.69) is 12.1 Å². The van der Waals surface area contributed by atoms with E-state index in [0.717, 1.165) is 24.8 Å². The van der Waals surface area contributed by atoms with E-state index in [1.165, 1.54) is 12.8 Å². The van der Waals surface area contributed by atoms with E-state index in [-0.39, 0.29) is 22.7 Å². The Balaban J connectivity index is 1.72. The molecule has 154 valence electrons. The summed E-state index contributed by atoms with van der Waals surface area (Å²) < 4.78 is 10.7. The lowest BCUT2D eigenvalue weighted by Crippen LogP contribution is -2.53. The summed E-state index contributed by atoms with van der Waals surface area (Å²) in [6, 6.07) is 15.7. The van der Waals surface area contributed by atoms with Gasteiger partial charge in [-0.2, -0.15) is 0 Å². The lowest BCUT2D eigenvalue weighted by atomic mass is 9.68. The molecule has 1 aliphatic heterocycles. The summed E-state index contributed by atoms with van der Waals surface area (Å²) in [6.45, 7) is 0.659. The Bertz CT molecular complexity index is 872. The first-order chi connectivity index (χ1) is 14.1. The average Bonchev–Trinajstić information content (AvgIpc) is 2.77. The van der Waals surface area contributed by atoms with Gasteiger partial charge in [-0.05, 0) is 43.0 Å². The highest BCUT2D eigenvalue weighted by Crippen LogP contribution is 2.53. The van der Waals surface area contributed by atoms with Crippen molar-refractivity contribution in [1.29, 1.82) is 0 Å². The zero-order valence-corrected chi connectivity index (χ0v) is 17.8. The number of carbonyl (C=O) groups is 1. The van der Waals surface area contributed by atoms with Crippen molar-refractivity contribution in [2.24, 2.45) is 5.92 Å². The number of rotatable bonds is 4. The fraction of sp³-hybridized carbons (Fsp3) is 0.458. The number of hydrogen-bond donors (Lipinski definition) is 0. The molecule has 1 heterocycles. The minimum Gasteiger partial charge on any atom is -0.493 e. The van der Waals surface area contributed by atoms with Gasteiger partial charge < -0.3 is 14.4 Å². The summed E-state index contributed by atoms with van der Waals surface area (Å²) in [5.74, 6) is 1.47. The van der Waals surface area contributed by atoms with Gasteiger partial charge in [0.1, 0.15) is 0 Å². The zero-order valence-electron chi connectivity index (χ0n) is 17.1. The number of likely N-dealkylation sites (tertiary alicyclic amines) is 1. The molecule has 0 radical (unpaired) electrons. The Morgan fingerprint density at radius 2 is 1.79 bits per heavy atom. The molecule has 1 saturated heterocycles. The first kappa shape index (κ1) is 20.1. The second-order valence-electron chi connectivity index (χ2n) is 8.06. The molecular formula is C24H28ClNO3. The van der Waals surface area contributed by atoms with Gasteiger partial charge in [0, 0.05) is 18.0 Å². The van der Waals surface area contributed by atoms with Crippen molar-refractivity contribution in [2.75, 3.05) is 20.8 Å². The third-order valence-corrected chi connectivity index (χ3v) is 7.20. The van der Waals surface area contributed by atoms with Gasteiger partial charge in [0.25, 0.3) is 5.91 Å². The highest BCUT2D eigenvalue weighted by atomic mass is 35.5. The number of methoxy groups -OCH3 is 2. The van der Waals surface area contributed by atoms with Crippen LogP contribution in [0, 0.1) is 5.92 Å². The van der Waals surface area contributed by atoms with Gasteiger partial charge in [0.2, 0.25) is 0 Å². The van der Waals surface area contributed by atoms with Crippen LogP contribution >= 0.6 is 11.6 Å². The number of hydrogen-bond acceptors (Lipinski definition) is 3. The van der Waals surface area contributed by atoms with Crippen LogP contribution in [-0.4, -0.2) is 36.4 Å². The van der Waals surface area contributed by atoms with Crippen LogP contribution < -0.4 is 9.47 Å². The van der Waals surface area contributed by atoms with Crippen molar-refractivity contribution in [2.45, 2.75) is 43.0 Å². The van der Waals surface area contributed by atoms with Crippen molar-refractivity contribution in [3.05, 3.63) is 59.7 Å². The summed E-state index contributed by atoms with van der Waals surface area (Å²) in [5.41, 5.74) is 1.78. The normalized spacial score (nSPS) is 26.5. The quantitative estimate of drug-likeness (QED) is 0.625. The molecule has 0 unspecified atom stereocenters. The molecule has 4 nitrogen and oxygen atoms in total. The molecule has 0 bridgehead atoms. The SMILES string of the molecule is COc1ccc(C(=O)N2CC[C@]3(Cl)CCCC[C@@H]3[C@H]2c2ccccc2)cc1OC. The van der Waals surface area contributed by atoms with Crippen LogP contribution in [0.1, 0.15) is 54.1 Å². The smallest absolute Gasteiger partial charge is 0.254 e. The number of alkyl halides is 1. The molecule has 0 spiro atoms. The Morgan fingerprint density at radius 1 is 1.03 bits per heavy atom. The van der Waals surface area contributed by atoms with E-state index in [4.69, 9.17) is 21.1 Å². The largest absolute Gasteiger partial charge is 0.493 e. The van der Waals surface area contributed by atoms with E-state index in [1.54, 1.807) is 26.4 Å². The molecule has 1 amide bonds. The van der Waals surface area contributed by atoms with E-state index >= 15 is 0 Å². The molecule has 5 heteroatoms. The first-order valence-electron chi connectivity index (χ1n) is 10.3. The highest BCUT2D eigenvalue weighted by Gasteiger charge is 2.50. The number of amides is 1. The van der Waals surface area contributed by atoms with Crippen LogP contribution in [0.2, 0.25) is 0 Å². The summed E-state index contributed by atoms with van der Waals surface area (Å²) in [5, 5.41) is 0. The number of fused-ring (bicyclic) bond motifs is 1. The van der Waals surface area contributed by atoms with Crippen LogP contribution in [0.3, 0.4) is 0 Å². The van der Waals surface area contributed by atoms with Crippen molar-refractivity contribution in [3.8, 4) is 11.5 Å². The van der Waals surface area contributed by atoms with E-state index in [9.17, 15) is 4.79 Å². The molecule has 2 aromatic carbocycles. The molecule has 2 aliphatic rings. The molecular weight excluding hydrogens is 386 g/mol. The predicted molar refractivity (Wildman–Crippen MR) is 115 cm³/mol. The third kappa shape index (κ3) is 3.71. The molecule has 4 rings (SSSR count). The second-order valence-corrected chi connectivity index (χ2v) is 8.81. The topological polar surface area (TPSA) is 38.8 Å². The fourth-order valence-corrected chi connectivity index (χ4v) is 5.51. The van der Waals surface area contributed by atoms with Crippen LogP contribution in [0.4, 0.5) is 0 Å². The number of benzene rings is 2. The molecule has 0 N–H and O–H groups in total. The van der Waals surface area contributed by atoms with Crippen LogP contribution in [-0.2, 0) is 0 Å². The average molecular weight is 414 g/mol. The Kier molecular flexibility index (Phi) is 5.73. The van der Waals surface area contributed by atoms with Crippen LogP contribution in [0.5, 0.6) is 11.5 Å². The summed E-state index contributed by atoms with van der Waals surface area (Å²) in [7, 11) is 3.18. The molecule has 0 aromatic heterocycles. The Labute approximate surface area is 177 Å². The van der Waals surface area contributed by atoms with Crippen molar-refractivity contribution in [3.63, 3.8) is 0 Å². The zero-order chi connectivity index (χ0) is 20.4. The predicted octanol–water partition coefficient (Wildman–Crippen LogP) is 5.46. The van der Waals surface area contributed by atoms with Gasteiger partial charge in [-0.1, -0.05) is 43.2 Å². The summed E-state index contributed by atoms with van der Waals surface area (Å²) >= 11 is 7.15. The van der Waals surface area contributed by atoms with Crippen molar-refractivity contribution in [1.82, 2.24) is 4.90 Å². The lowest BCUT2D eigenvalue weighted by Gasteiger charge is -2.52. The monoisotopic (exact) mass is 413 g/mol. The van der Waals surface area contributed by atoms with Gasteiger partial charge in [0.05, 0.1) is 25.1 Å². The second kappa shape index (κ2) is 8.27.